The first-order chi connectivity index (χ1) is 10.6. The van der Waals surface area contributed by atoms with Gasteiger partial charge in [-0.2, -0.15) is 0 Å². The maximum atomic E-state index is 12.8. The Morgan fingerprint density at radius 1 is 1.13 bits per heavy atom. The second-order valence-corrected chi connectivity index (χ2v) is 6.25. The second kappa shape index (κ2) is 7.19. The highest BCUT2D eigenvalue weighted by Crippen LogP contribution is 2.44. The summed E-state index contributed by atoms with van der Waals surface area (Å²) in [6.07, 6.45) is 4.42. The zero-order valence-corrected chi connectivity index (χ0v) is 13.7. The summed E-state index contributed by atoms with van der Waals surface area (Å²) in [4.78, 5) is 23.6. The first-order valence-electron chi connectivity index (χ1n) is 7.79. The van der Waals surface area contributed by atoms with Crippen LogP contribution in [0.2, 0.25) is 0 Å². The molecule has 1 heterocycles. The van der Waals surface area contributed by atoms with Crippen LogP contribution in [0.25, 0.3) is 0 Å². The van der Waals surface area contributed by atoms with Gasteiger partial charge in [-0.05, 0) is 49.6 Å². The highest BCUT2D eigenvalue weighted by molar-refractivity contribution is 5.96. The number of amides is 3. The number of carbonyl (C=O) groups is 2. The Morgan fingerprint density at radius 3 is 2.43 bits per heavy atom. The monoisotopic (exact) mass is 338 g/mol. The minimum absolute atomic E-state index is 0. The zero-order chi connectivity index (χ0) is 15.6. The molecule has 6 nitrogen and oxygen atoms in total. The summed E-state index contributed by atoms with van der Waals surface area (Å²) in [6, 6.07) is 6.41. The van der Waals surface area contributed by atoms with E-state index in [0.717, 1.165) is 38.0 Å². The molecule has 2 fully saturated rings. The molecule has 23 heavy (non-hydrogen) atoms. The summed E-state index contributed by atoms with van der Waals surface area (Å²) in [5.41, 5.74) is 6.16. The van der Waals surface area contributed by atoms with Gasteiger partial charge in [0.15, 0.2) is 0 Å². The third-order valence-electron chi connectivity index (χ3n) is 4.90. The predicted octanol–water partition coefficient (Wildman–Crippen LogP) is 2.32. The van der Waals surface area contributed by atoms with Crippen molar-refractivity contribution in [3.8, 4) is 0 Å². The fraction of sp³-hybridized carbons (Fsp3) is 0.500. The summed E-state index contributed by atoms with van der Waals surface area (Å²) >= 11 is 0. The molecule has 1 aromatic rings. The first-order valence-corrected chi connectivity index (χ1v) is 7.79. The van der Waals surface area contributed by atoms with Crippen molar-refractivity contribution in [3.05, 3.63) is 24.3 Å². The topological polar surface area (TPSA) is 96.2 Å². The van der Waals surface area contributed by atoms with Crippen LogP contribution in [0.5, 0.6) is 0 Å². The number of nitrogens with one attached hydrogen (secondary N) is 3. The lowest BCUT2D eigenvalue weighted by molar-refractivity contribution is -0.128. The summed E-state index contributed by atoms with van der Waals surface area (Å²) in [6.45, 7) is 1.71. The van der Waals surface area contributed by atoms with Crippen LogP contribution in [-0.2, 0) is 4.79 Å². The predicted molar refractivity (Wildman–Crippen MR) is 92.8 cm³/mol. The van der Waals surface area contributed by atoms with Crippen molar-refractivity contribution in [1.82, 2.24) is 5.32 Å². The molecule has 5 N–H and O–H groups in total. The lowest BCUT2D eigenvalue weighted by Gasteiger charge is -2.37. The first kappa shape index (κ1) is 17.6. The van der Waals surface area contributed by atoms with Gasteiger partial charge in [0.05, 0.1) is 5.41 Å². The smallest absolute Gasteiger partial charge is 0.316 e. The van der Waals surface area contributed by atoms with Crippen LogP contribution >= 0.6 is 12.4 Å². The van der Waals surface area contributed by atoms with Crippen LogP contribution in [0.3, 0.4) is 0 Å². The fourth-order valence-electron chi connectivity index (χ4n) is 3.73. The zero-order valence-electron chi connectivity index (χ0n) is 12.9. The lowest BCUT2D eigenvalue weighted by atomic mass is 9.67. The van der Waals surface area contributed by atoms with Gasteiger partial charge in [-0.3, -0.25) is 4.79 Å². The highest BCUT2D eigenvalue weighted by Gasteiger charge is 2.49. The molecule has 1 saturated heterocycles. The van der Waals surface area contributed by atoms with E-state index in [4.69, 9.17) is 5.73 Å². The van der Waals surface area contributed by atoms with E-state index in [2.05, 4.69) is 16.0 Å². The van der Waals surface area contributed by atoms with Crippen LogP contribution in [0, 0.1) is 11.3 Å². The van der Waals surface area contributed by atoms with Gasteiger partial charge < -0.3 is 21.7 Å². The Bertz CT molecular complexity index is 578. The van der Waals surface area contributed by atoms with Gasteiger partial charge >= 0.3 is 6.03 Å². The molecule has 0 radical (unpaired) electrons. The quantitative estimate of drug-likeness (QED) is 0.681. The average Bonchev–Trinajstić information content (AvgIpc) is 2.94. The van der Waals surface area contributed by atoms with Gasteiger partial charge in [-0.15, -0.1) is 12.4 Å². The molecule has 0 bridgehead atoms. The summed E-state index contributed by atoms with van der Waals surface area (Å²) in [5.74, 6) is 0.551. The van der Waals surface area contributed by atoms with Crippen LogP contribution in [0.1, 0.15) is 25.7 Å². The second-order valence-electron chi connectivity index (χ2n) is 6.25. The van der Waals surface area contributed by atoms with Crippen molar-refractivity contribution >= 4 is 35.7 Å². The molecule has 1 aliphatic heterocycles. The maximum Gasteiger partial charge on any atom is 0.316 e. The van der Waals surface area contributed by atoms with E-state index in [0.29, 0.717) is 11.6 Å². The number of carbonyl (C=O) groups excluding carboxylic acids is 2. The number of fused-ring (bicyclic) bond motifs is 1. The van der Waals surface area contributed by atoms with Gasteiger partial charge in [0.25, 0.3) is 0 Å². The van der Waals surface area contributed by atoms with Gasteiger partial charge in [0.2, 0.25) is 5.91 Å². The molecule has 7 heteroatoms. The Kier molecular flexibility index (Phi) is 5.49. The fourth-order valence-corrected chi connectivity index (χ4v) is 3.73. The van der Waals surface area contributed by atoms with Gasteiger partial charge in [-0.1, -0.05) is 12.8 Å². The molecular weight excluding hydrogens is 316 g/mol. The molecule has 2 atom stereocenters. The van der Waals surface area contributed by atoms with E-state index in [1.807, 2.05) is 0 Å². The molecule has 1 aromatic carbocycles. The van der Waals surface area contributed by atoms with Crippen molar-refractivity contribution in [2.75, 3.05) is 23.7 Å². The van der Waals surface area contributed by atoms with Crippen molar-refractivity contribution in [1.29, 1.82) is 0 Å². The largest absolute Gasteiger partial charge is 0.351 e. The summed E-state index contributed by atoms with van der Waals surface area (Å²) in [5, 5.41) is 8.91. The number of anilines is 2. The minimum Gasteiger partial charge on any atom is -0.351 e. The molecule has 0 unspecified atom stereocenters. The van der Waals surface area contributed by atoms with Crippen molar-refractivity contribution in [2.24, 2.45) is 17.1 Å². The Labute approximate surface area is 142 Å². The lowest BCUT2D eigenvalue weighted by Crippen LogP contribution is -2.44. The highest BCUT2D eigenvalue weighted by atomic mass is 35.5. The molecule has 0 spiro atoms. The van der Waals surface area contributed by atoms with Crippen LogP contribution in [-0.4, -0.2) is 25.0 Å². The molecule has 0 aromatic heterocycles. The van der Waals surface area contributed by atoms with E-state index in [1.54, 1.807) is 24.3 Å². The molecule has 1 aliphatic carbocycles. The standard InChI is InChI=1S/C16H22N4O2.ClH/c17-15(22)20-13-6-4-12(5-7-13)19-14(21)16-8-2-1-3-11(16)9-18-10-16;/h4-7,11,18H,1-3,8-10H2,(H,19,21)(H3,17,20,22);1H/t11-,16+;/m0./s1. The van der Waals surface area contributed by atoms with Crippen molar-refractivity contribution in [3.63, 3.8) is 0 Å². The number of urea groups is 1. The normalized spacial score (nSPS) is 25.8. The minimum atomic E-state index is -0.599. The number of hydrogen-bond acceptors (Lipinski definition) is 3. The number of hydrogen-bond donors (Lipinski definition) is 4. The number of nitrogens with two attached hydrogens (primary N) is 1. The summed E-state index contributed by atoms with van der Waals surface area (Å²) < 4.78 is 0. The maximum absolute atomic E-state index is 12.8. The Hall–Kier alpha value is -1.79. The number of halogens is 1. The molecule has 1 saturated carbocycles. The Balaban J connectivity index is 0.00000192. The number of primary amides is 1. The molecule has 126 valence electrons. The summed E-state index contributed by atoms with van der Waals surface area (Å²) in [7, 11) is 0. The number of benzene rings is 1. The molecule has 2 aliphatic rings. The Morgan fingerprint density at radius 2 is 1.78 bits per heavy atom. The molecule has 3 rings (SSSR count). The van der Waals surface area contributed by atoms with Crippen molar-refractivity contribution < 1.29 is 9.59 Å². The van der Waals surface area contributed by atoms with Crippen LogP contribution in [0.15, 0.2) is 24.3 Å². The van der Waals surface area contributed by atoms with E-state index in [-0.39, 0.29) is 23.7 Å². The van der Waals surface area contributed by atoms with E-state index < -0.39 is 6.03 Å². The van der Waals surface area contributed by atoms with Crippen LogP contribution < -0.4 is 21.7 Å². The third kappa shape index (κ3) is 3.59. The van der Waals surface area contributed by atoms with Crippen molar-refractivity contribution in [2.45, 2.75) is 25.7 Å². The van der Waals surface area contributed by atoms with Gasteiger partial charge in [0, 0.05) is 17.9 Å². The van der Waals surface area contributed by atoms with E-state index >= 15 is 0 Å². The SMILES string of the molecule is Cl.NC(=O)Nc1ccc(NC(=O)[C@@]23CCCC[C@H]2CNC3)cc1. The van der Waals surface area contributed by atoms with Gasteiger partial charge in [-0.25, -0.2) is 4.79 Å². The third-order valence-corrected chi connectivity index (χ3v) is 4.90. The number of rotatable bonds is 3. The van der Waals surface area contributed by atoms with E-state index in [9.17, 15) is 9.59 Å². The van der Waals surface area contributed by atoms with E-state index in [1.165, 1.54) is 6.42 Å². The molecule has 3 amide bonds. The van der Waals surface area contributed by atoms with Crippen LogP contribution in [0.4, 0.5) is 16.2 Å². The molecular formula is C16H23ClN4O2. The average molecular weight is 339 g/mol. The van der Waals surface area contributed by atoms with Gasteiger partial charge in [0.1, 0.15) is 0 Å².